The molecule has 1 aromatic carbocycles. The highest BCUT2D eigenvalue weighted by Gasteiger charge is 2.27. The van der Waals surface area contributed by atoms with E-state index in [1.165, 1.54) is 10.8 Å². The summed E-state index contributed by atoms with van der Waals surface area (Å²) in [4.78, 5) is 40.6. The van der Waals surface area contributed by atoms with Gasteiger partial charge in [0.05, 0.1) is 29.0 Å². The Bertz CT molecular complexity index is 1100. The first-order valence-corrected chi connectivity index (χ1v) is 9.18. The second-order valence-corrected chi connectivity index (χ2v) is 7.04. The number of para-hydroxylation sites is 2. The van der Waals surface area contributed by atoms with Gasteiger partial charge in [0.15, 0.2) is 0 Å². The Morgan fingerprint density at radius 1 is 1.25 bits per heavy atom. The largest absolute Gasteiger partial charge is 0.478 e. The average Bonchev–Trinajstić information content (AvgIpc) is 3.22. The van der Waals surface area contributed by atoms with Gasteiger partial charge >= 0.3 is 11.7 Å². The number of aromatic amines is 1. The van der Waals surface area contributed by atoms with Gasteiger partial charge < -0.3 is 15.0 Å². The highest BCUT2D eigenvalue weighted by Crippen LogP contribution is 2.25. The van der Waals surface area contributed by atoms with Crippen LogP contribution in [0.25, 0.3) is 11.0 Å². The first kappa shape index (κ1) is 18.0. The number of rotatable bonds is 4. The molecule has 3 heterocycles. The summed E-state index contributed by atoms with van der Waals surface area (Å²) in [6.07, 6.45) is 2.75. The van der Waals surface area contributed by atoms with Crippen LogP contribution in [0.5, 0.6) is 0 Å². The van der Waals surface area contributed by atoms with Crippen molar-refractivity contribution in [2.75, 3.05) is 13.1 Å². The second kappa shape index (κ2) is 6.99. The SMILES string of the molecule is Cc1c(C(=O)O)cnn1C1CCN(C(=O)Cn2c(=O)[nH]c3ccccc32)CC1. The molecule has 3 aromatic rings. The summed E-state index contributed by atoms with van der Waals surface area (Å²) >= 11 is 0. The molecule has 0 saturated carbocycles. The number of H-pyrrole nitrogens is 1. The first-order chi connectivity index (χ1) is 13.5. The number of fused-ring (bicyclic) bond motifs is 1. The van der Waals surface area contributed by atoms with Crippen LogP contribution in [0.15, 0.2) is 35.3 Å². The molecule has 2 aromatic heterocycles. The molecule has 1 aliphatic heterocycles. The summed E-state index contributed by atoms with van der Waals surface area (Å²) in [5.41, 5.74) is 1.96. The summed E-state index contributed by atoms with van der Waals surface area (Å²) in [5.74, 6) is -1.09. The zero-order valence-corrected chi connectivity index (χ0v) is 15.5. The number of aromatic nitrogens is 4. The normalized spacial score (nSPS) is 15.2. The number of amides is 1. The smallest absolute Gasteiger partial charge is 0.339 e. The van der Waals surface area contributed by atoms with E-state index >= 15 is 0 Å². The van der Waals surface area contributed by atoms with Crippen LogP contribution in [0.3, 0.4) is 0 Å². The summed E-state index contributed by atoms with van der Waals surface area (Å²) in [7, 11) is 0. The monoisotopic (exact) mass is 383 g/mol. The van der Waals surface area contributed by atoms with E-state index in [4.69, 9.17) is 0 Å². The molecule has 4 rings (SSSR count). The number of piperidine rings is 1. The number of hydrogen-bond donors (Lipinski definition) is 2. The van der Waals surface area contributed by atoms with Gasteiger partial charge in [-0.05, 0) is 31.9 Å². The minimum atomic E-state index is -0.986. The first-order valence-electron chi connectivity index (χ1n) is 9.18. The quantitative estimate of drug-likeness (QED) is 0.707. The molecule has 0 spiro atoms. The van der Waals surface area contributed by atoms with E-state index in [-0.39, 0.29) is 29.7 Å². The minimum Gasteiger partial charge on any atom is -0.478 e. The molecule has 1 saturated heterocycles. The summed E-state index contributed by atoms with van der Waals surface area (Å²) in [6, 6.07) is 7.35. The Hall–Kier alpha value is -3.36. The Labute approximate surface area is 160 Å². The van der Waals surface area contributed by atoms with Gasteiger partial charge in [0, 0.05) is 13.1 Å². The number of carbonyl (C=O) groups excluding carboxylic acids is 1. The lowest BCUT2D eigenvalue weighted by Gasteiger charge is -2.32. The summed E-state index contributed by atoms with van der Waals surface area (Å²) in [5, 5.41) is 13.4. The van der Waals surface area contributed by atoms with E-state index in [9.17, 15) is 19.5 Å². The fourth-order valence-electron chi connectivity index (χ4n) is 3.86. The third kappa shape index (κ3) is 3.08. The van der Waals surface area contributed by atoms with Crippen LogP contribution < -0.4 is 5.69 Å². The van der Waals surface area contributed by atoms with E-state index in [2.05, 4.69) is 10.1 Å². The molecule has 28 heavy (non-hydrogen) atoms. The van der Waals surface area contributed by atoms with Gasteiger partial charge in [0.1, 0.15) is 12.1 Å². The Morgan fingerprint density at radius 2 is 1.96 bits per heavy atom. The zero-order valence-electron chi connectivity index (χ0n) is 15.5. The lowest BCUT2D eigenvalue weighted by molar-refractivity contribution is -0.133. The van der Waals surface area contributed by atoms with E-state index in [1.54, 1.807) is 22.6 Å². The van der Waals surface area contributed by atoms with Crippen molar-refractivity contribution < 1.29 is 14.7 Å². The van der Waals surface area contributed by atoms with E-state index in [1.807, 2.05) is 18.2 Å². The van der Waals surface area contributed by atoms with Crippen molar-refractivity contribution in [1.29, 1.82) is 0 Å². The molecule has 9 nitrogen and oxygen atoms in total. The fraction of sp³-hybridized carbons (Fsp3) is 0.368. The Balaban J connectivity index is 1.44. The molecule has 1 amide bonds. The van der Waals surface area contributed by atoms with E-state index < -0.39 is 5.97 Å². The number of carbonyl (C=O) groups is 2. The molecular weight excluding hydrogens is 362 g/mol. The van der Waals surface area contributed by atoms with E-state index in [0.717, 1.165) is 0 Å². The van der Waals surface area contributed by atoms with Crippen molar-refractivity contribution >= 4 is 22.9 Å². The van der Waals surface area contributed by atoms with Crippen molar-refractivity contribution in [3.05, 3.63) is 52.2 Å². The number of likely N-dealkylation sites (tertiary alicyclic amines) is 1. The standard InChI is InChI=1S/C19H21N5O4/c1-12-14(18(26)27)10-20-24(12)13-6-8-22(9-7-13)17(25)11-23-16-5-3-2-4-15(16)21-19(23)28/h2-5,10,13H,6-9,11H2,1H3,(H,21,28)(H,26,27). The van der Waals surface area contributed by atoms with Gasteiger partial charge in [0.25, 0.3) is 0 Å². The zero-order chi connectivity index (χ0) is 19.8. The molecule has 0 unspecified atom stereocenters. The lowest BCUT2D eigenvalue weighted by Crippen LogP contribution is -2.42. The number of carboxylic acid groups (broad SMARTS) is 1. The predicted octanol–water partition coefficient (Wildman–Crippen LogP) is 1.40. The van der Waals surface area contributed by atoms with Crippen molar-refractivity contribution in [2.24, 2.45) is 0 Å². The van der Waals surface area contributed by atoms with E-state index in [0.29, 0.717) is 42.7 Å². The molecule has 146 valence electrons. The minimum absolute atomic E-state index is 0.00251. The Morgan fingerprint density at radius 3 is 2.64 bits per heavy atom. The second-order valence-electron chi connectivity index (χ2n) is 7.04. The third-order valence-corrected chi connectivity index (χ3v) is 5.41. The molecule has 2 N–H and O–H groups in total. The molecule has 1 fully saturated rings. The van der Waals surface area contributed by atoms with Crippen molar-refractivity contribution in [3.63, 3.8) is 0 Å². The van der Waals surface area contributed by atoms with Crippen LogP contribution in [0.1, 0.15) is 34.9 Å². The molecule has 0 aliphatic carbocycles. The number of nitrogens with one attached hydrogen (secondary N) is 1. The highest BCUT2D eigenvalue weighted by molar-refractivity contribution is 5.88. The number of nitrogens with zero attached hydrogens (tertiary/aromatic N) is 4. The number of benzene rings is 1. The summed E-state index contributed by atoms with van der Waals surface area (Å²) in [6.45, 7) is 2.83. The van der Waals surface area contributed by atoms with Gasteiger partial charge in [-0.1, -0.05) is 12.1 Å². The van der Waals surface area contributed by atoms with Gasteiger partial charge in [-0.3, -0.25) is 14.0 Å². The van der Waals surface area contributed by atoms with Crippen LogP contribution >= 0.6 is 0 Å². The highest BCUT2D eigenvalue weighted by atomic mass is 16.4. The maximum absolute atomic E-state index is 12.7. The maximum atomic E-state index is 12.7. The third-order valence-electron chi connectivity index (χ3n) is 5.41. The van der Waals surface area contributed by atoms with Crippen LogP contribution in [0, 0.1) is 6.92 Å². The van der Waals surface area contributed by atoms with Crippen molar-refractivity contribution in [2.45, 2.75) is 32.4 Å². The number of aromatic carboxylic acids is 1. The lowest BCUT2D eigenvalue weighted by atomic mass is 10.0. The van der Waals surface area contributed by atoms with Gasteiger partial charge in [-0.25, -0.2) is 9.59 Å². The van der Waals surface area contributed by atoms with Crippen LogP contribution in [-0.4, -0.2) is 54.3 Å². The molecular formula is C19H21N5O4. The summed E-state index contributed by atoms with van der Waals surface area (Å²) < 4.78 is 3.20. The molecule has 1 aliphatic rings. The maximum Gasteiger partial charge on any atom is 0.339 e. The number of carboxylic acids is 1. The van der Waals surface area contributed by atoms with Crippen molar-refractivity contribution in [3.8, 4) is 0 Å². The fourth-order valence-corrected chi connectivity index (χ4v) is 3.86. The van der Waals surface area contributed by atoms with Gasteiger partial charge in [0.2, 0.25) is 5.91 Å². The average molecular weight is 383 g/mol. The van der Waals surface area contributed by atoms with Crippen molar-refractivity contribution in [1.82, 2.24) is 24.2 Å². The van der Waals surface area contributed by atoms with Gasteiger partial charge in [-0.15, -0.1) is 0 Å². The molecule has 0 bridgehead atoms. The van der Waals surface area contributed by atoms with Crippen LogP contribution in [-0.2, 0) is 11.3 Å². The number of hydrogen-bond acceptors (Lipinski definition) is 4. The van der Waals surface area contributed by atoms with Crippen LogP contribution in [0.2, 0.25) is 0 Å². The topological polar surface area (TPSA) is 113 Å². The molecule has 0 radical (unpaired) electrons. The van der Waals surface area contributed by atoms with Crippen LogP contribution in [0.4, 0.5) is 0 Å². The number of imidazole rings is 1. The molecule has 0 atom stereocenters. The van der Waals surface area contributed by atoms with Gasteiger partial charge in [-0.2, -0.15) is 5.10 Å². The molecule has 9 heteroatoms. The Kier molecular flexibility index (Phi) is 4.50. The predicted molar refractivity (Wildman–Crippen MR) is 101 cm³/mol.